The molecule has 0 aliphatic rings. The van der Waals surface area contributed by atoms with Crippen molar-refractivity contribution in [1.82, 2.24) is 4.90 Å². The first-order valence-electron chi connectivity index (χ1n) is 4.02. The third-order valence-electron chi connectivity index (χ3n) is 1.69. The highest BCUT2D eigenvalue weighted by molar-refractivity contribution is 7.88. The second kappa shape index (κ2) is 6.21. The first-order valence-corrected chi connectivity index (χ1v) is 5.07. The largest absolute Gasteiger partial charge is 0.374 e. The van der Waals surface area contributed by atoms with E-state index in [0.29, 0.717) is 0 Å². The Labute approximate surface area is 78.5 Å². The van der Waals surface area contributed by atoms with E-state index in [4.69, 9.17) is 5.69 Å². The summed E-state index contributed by atoms with van der Waals surface area (Å²) in [5.74, 6) is 0.832. The van der Waals surface area contributed by atoms with Crippen LogP contribution in [0.3, 0.4) is 0 Å². The van der Waals surface area contributed by atoms with Crippen LogP contribution in [-0.4, -0.2) is 35.1 Å². The fourth-order valence-electron chi connectivity index (χ4n) is 0.935. The van der Waals surface area contributed by atoms with Gasteiger partial charge in [0, 0.05) is 12.3 Å². The van der Waals surface area contributed by atoms with Gasteiger partial charge in [-0.2, -0.15) is 0 Å². The van der Waals surface area contributed by atoms with Gasteiger partial charge in [-0.1, -0.05) is 13.5 Å². The molecule has 0 aromatic rings. The van der Waals surface area contributed by atoms with Crippen molar-refractivity contribution in [3.8, 4) is 5.69 Å². The van der Waals surface area contributed by atoms with Gasteiger partial charge in [-0.25, -0.2) is 0 Å². The molecule has 0 radical (unpaired) electrons. The molecule has 2 nitrogen and oxygen atoms in total. The monoisotopic (exact) mass is 187 g/mol. The van der Waals surface area contributed by atoms with E-state index in [1.807, 2.05) is 18.7 Å². The Hall–Kier alpha value is -0.340. The minimum absolute atomic E-state index is 0.526. The Balaban J connectivity index is 3.97. The van der Waals surface area contributed by atoms with E-state index in [-0.39, 0.29) is 0 Å². The number of aliphatic hydroxyl groups is 1. The summed E-state index contributed by atoms with van der Waals surface area (Å²) in [7, 11) is 0. The third-order valence-corrected chi connectivity index (χ3v) is 2.11. The van der Waals surface area contributed by atoms with Gasteiger partial charge < -0.3 is 5.11 Å². The molecule has 0 amide bonds. The normalized spacial score (nSPS) is 12.9. The summed E-state index contributed by atoms with van der Waals surface area (Å²) in [5, 5.41) is 9.59. The second-order valence-electron chi connectivity index (χ2n) is 2.72. The first-order chi connectivity index (χ1) is 5.63. The second-order valence-corrected chi connectivity index (χ2v) is 3.46. The van der Waals surface area contributed by atoms with Gasteiger partial charge in [-0.15, -0.1) is 16.9 Å². The molecule has 0 saturated heterocycles. The number of hydrogen-bond donors (Lipinski definition) is 1. The molecule has 70 valence electrons. The van der Waals surface area contributed by atoms with Crippen LogP contribution in [0.5, 0.6) is 0 Å². The van der Waals surface area contributed by atoms with Crippen molar-refractivity contribution in [3.05, 3.63) is 12.2 Å². The molecular weight excluding hydrogens is 170 g/mol. The summed E-state index contributed by atoms with van der Waals surface area (Å²) in [6.45, 7) is 9.14. The van der Waals surface area contributed by atoms with Crippen molar-refractivity contribution in [2.24, 2.45) is 0 Å². The zero-order chi connectivity index (χ0) is 9.56. The molecule has 0 aliphatic carbocycles. The zero-order valence-electron chi connectivity index (χ0n) is 7.79. The van der Waals surface area contributed by atoms with Crippen molar-refractivity contribution in [3.63, 3.8) is 0 Å². The maximum absolute atomic E-state index is 9.59. The standard InChI is InChI=1S/C9H17NOS/c1-5-10(6-7-12-4)9(11)8(2)3/h4,9,11H,2,5-7H2,1,3H3. The van der Waals surface area contributed by atoms with Gasteiger partial charge in [0.05, 0.1) is 0 Å². The summed E-state index contributed by atoms with van der Waals surface area (Å²) in [5.41, 5.74) is 6.07. The minimum Gasteiger partial charge on any atom is -0.374 e. The van der Waals surface area contributed by atoms with E-state index in [0.717, 1.165) is 24.4 Å². The quantitative estimate of drug-likeness (QED) is 0.521. The van der Waals surface area contributed by atoms with Crippen LogP contribution in [0.2, 0.25) is 0 Å². The van der Waals surface area contributed by atoms with Crippen LogP contribution in [0.1, 0.15) is 13.8 Å². The van der Waals surface area contributed by atoms with Crippen LogP contribution in [0.25, 0.3) is 0 Å². The number of aliphatic hydroxyl groups excluding tert-OH is 1. The Kier molecular flexibility index (Phi) is 6.03. The summed E-state index contributed by atoms with van der Waals surface area (Å²) in [6.07, 6.45) is -0.526. The number of nitrogens with zero attached hydrogens (tertiary/aromatic N) is 1. The Bertz CT molecular complexity index is 185. The average molecular weight is 187 g/mol. The predicted molar refractivity (Wildman–Crippen MR) is 55.5 cm³/mol. The van der Waals surface area contributed by atoms with Gasteiger partial charge in [0.25, 0.3) is 0 Å². The summed E-state index contributed by atoms with van der Waals surface area (Å²) >= 11 is 1.29. The van der Waals surface area contributed by atoms with Crippen LogP contribution >= 0.6 is 11.2 Å². The lowest BCUT2D eigenvalue weighted by molar-refractivity contribution is 0.0419. The molecule has 0 aromatic carbocycles. The highest BCUT2D eigenvalue weighted by atomic mass is 32.1. The molecule has 0 bridgehead atoms. The van der Waals surface area contributed by atoms with Gasteiger partial charge in [0.1, 0.15) is 6.23 Å². The summed E-state index contributed by atoms with van der Waals surface area (Å²) in [6, 6.07) is 0. The van der Waals surface area contributed by atoms with Crippen molar-refractivity contribution in [2.45, 2.75) is 20.1 Å². The maximum Gasteiger partial charge on any atom is 0.129 e. The smallest absolute Gasteiger partial charge is 0.129 e. The van der Waals surface area contributed by atoms with Crippen molar-refractivity contribution < 1.29 is 5.11 Å². The van der Waals surface area contributed by atoms with Crippen molar-refractivity contribution in [1.29, 1.82) is 0 Å². The number of rotatable bonds is 5. The molecular formula is C9H17NOS. The molecule has 1 unspecified atom stereocenters. The highest BCUT2D eigenvalue weighted by Gasteiger charge is 2.12. The average Bonchev–Trinajstić information content (AvgIpc) is 2.05. The molecule has 0 spiro atoms. The van der Waals surface area contributed by atoms with E-state index >= 15 is 0 Å². The van der Waals surface area contributed by atoms with E-state index < -0.39 is 6.23 Å². The Morgan fingerprint density at radius 2 is 2.33 bits per heavy atom. The van der Waals surface area contributed by atoms with Crippen molar-refractivity contribution in [2.75, 3.05) is 18.8 Å². The van der Waals surface area contributed by atoms with E-state index in [2.05, 4.69) is 6.58 Å². The van der Waals surface area contributed by atoms with Crippen LogP contribution in [0.4, 0.5) is 0 Å². The lowest BCUT2D eigenvalue weighted by Crippen LogP contribution is -2.37. The predicted octanol–water partition coefficient (Wildman–Crippen LogP) is 1.52. The molecule has 0 saturated carbocycles. The summed E-state index contributed by atoms with van der Waals surface area (Å²) < 4.78 is 0. The zero-order valence-corrected chi connectivity index (χ0v) is 8.60. The third kappa shape index (κ3) is 3.88. The maximum atomic E-state index is 9.59. The van der Waals surface area contributed by atoms with Crippen LogP contribution in [0.15, 0.2) is 12.2 Å². The number of hydrogen-bond acceptors (Lipinski definition) is 2. The SMILES string of the molecule is C#SCCN(CC)C(O)C(=C)C. The fourth-order valence-corrected chi connectivity index (χ4v) is 1.27. The molecule has 1 atom stereocenters. The fraction of sp³-hybridized carbons (Fsp3) is 0.667. The minimum atomic E-state index is -0.526. The van der Waals surface area contributed by atoms with Gasteiger partial charge in [0.2, 0.25) is 0 Å². The van der Waals surface area contributed by atoms with Gasteiger partial charge in [-0.3, -0.25) is 4.90 Å². The van der Waals surface area contributed by atoms with Crippen LogP contribution in [0, 0.1) is 5.69 Å². The summed E-state index contributed by atoms with van der Waals surface area (Å²) in [4.78, 5) is 1.93. The van der Waals surface area contributed by atoms with Crippen molar-refractivity contribution >= 4 is 11.2 Å². The first kappa shape index (κ1) is 11.7. The topological polar surface area (TPSA) is 23.5 Å². The van der Waals surface area contributed by atoms with E-state index in [9.17, 15) is 5.11 Å². The van der Waals surface area contributed by atoms with Crippen LogP contribution < -0.4 is 0 Å². The molecule has 1 N–H and O–H groups in total. The lowest BCUT2D eigenvalue weighted by atomic mass is 10.3. The highest BCUT2D eigenvalue weighted by Crippen LogP contribution is 2.04. The Morgan fingerprint density at radius 3 is 2.67 bits per heavy atom. The van der Waals surface area contributed by atoms with E-state index in [1.54, 1.807) is 0 Å². The Morgan fingerprint density at radius 1 is 1.75 bits per heavy atom. The molecule has 3 heteroatoms. The molecule has 0 fully saturated rings. The van der Waals surface area contributed by atoms with Gasteiger partial charge in [-0.05, 0) is 19.0 Å². The molecule has 12 heavy (non-hydrogen) atoms. The van der Waals surface area contributed by atoms with Gasteiger partial charge in [0.15, 0.2) is 0 Å². The van der Waals surface area contributed by atoms with Gasteiger partial charge >= 0.3 is 0 Å². The molecule has 0 rings (SSSR count). The molecule has 0 aliphatic heterocycles. The van der Waals surface area contributed by atoms with E-state index in [1.165, 1.54) is 11.2 Å². The lowest BCUT2D eigenvalue weighted by Gasteiger charge is -2.25. The molecule has 0 aromatic heterocycles. The number of likely N-dealkylation sites (N-methyl/N-ethyl adjacent to an activating group) is 1. The molecule has 0 heterocycles. The van der Waals surface area contributed by atoms with Crippen LogP contribution in [-0.2, 0) is 0 Å².